The van der Waals surface area contributed by atoms with Crippen LogP contribution in [0.3, 0.4) is 0 Å². The number of aromatic nitrogens is 3. The number of carbonyl (C=O) groups excluding carboxylic acids is 1. The van der Waals surface area contributed by atoms with E-state index in [2.05, 4.69) is 15.6 Å². The van der Waals surface area contributed by atoms with Crippen LogP contribution in [0.4, 0.5) is 5.69 Å². The van der Waals surface area contributed by atoms with Gasteiger partial charge in [0, 0.05) is 36.3 Å². The molecule has 3 aromatic rings. The molecule has 1 amide bonds. The maximum atomic E-state index is 13.2. The number of rotatable bonds is 6. The molecule has 8 nitrogen and oxygen atoms in total. The van der Waals surface area contributed by atoms with Crippen LogP contribution in [0, 0.1) is 12.8 Å². The summed E-state index contributed by atoms with van der Waals surface area (Å²) in [6.45, 7) is 5.25. The third-order valence-electron chi connectivity index (χ3n) is 5.84. The second kappa shape index (κ2) is 9.17. The number of halogens is 1. The number of nitrogens with zero attached hydrogens (tertiary/aromatic N) is 4. The average Bonchev–Trinajstić information content (AvgIpc) is 3.19. The van der Waals surface area contributed by atoms with Crippen molar-refractivity contribution in [3.8, 4) is 0 Å². The Balaban J connectivity index is 1.43. The van der Waals surface area contributed by atoms with Crippen molar-refractivity contribution < 1.29 is 13.2 Å². The van der Waals surface area contributed by atoms with E-state index in [1.807, 2.05) is 19.9 Å². The number of fused-ring (bicyclic) bond motifs is 1. The third kappa shape index (κ3) is 4.51. The molecule has 1 aliphatic heterocycles. The zero-order chi connectivity index (χ0) is 22.9. The summed E-state index contributed by atoms with van der Waals surface area (Å²) in [7, 11) is -3.67. The Bertz CT molecular complexity index is 1250. The monoisotopic (exact) mass is 475 g/mol. The standard InChI is InChI=1S/C22H26ClN5O3S/c1-3-10-28-21-7-6-18(14-20(21)25-26-28)32(30,31)27-11-8-16(9-12-27)22(29)24-19-13-17(23)5-4-15(19)2/h4-7,13-14,16H,3,8-12H2,1-2H3,(H,24,29). The van der Waals surface area contributed by atoms with Crippen molar-refractivity contribution in [1.29, 1.82) is 0 Å². The second-order valence-corrected chi connectivity index (χ2v) is 10.5. The number of anilines is 1. The van der Waals surface area contributed by atoms with Gasteiger partial charge in [0.25, 0.3) is 0 Å². The molecular formula is C22H26ClN5O3S. The number of aryl methyl sites for hydroxylation is 2. The molecule has 170 valence electrons. The number of carbonyl (C=O) groups is 1. The summed E-state index contributed by atoms with van der Waals surface area (Å²) in [5.74, 6) is -0.363. The summed E-state index contributed by atoms with van der Waals surface area (Å²) in [6, 6.07) is 10.3. The van der Waals surface area contributed by atoms with Gasteiger partial charge in [-0.2, -0.15) is 4.31 Å². The Morgan fingerprint density at radius 3 is 2.66 bits per heavy atom. The highest BCUT2D eigenvalue weighted by Crippen LogP contribution is 2.27. The Labute approximate surface area is 192 Å². The molecule has 2 aromatic carbocycles. The van der Waals surface area contributed by atoms with Crippen LogP contribution >= 0.6 is 11.6 Å². The number of benzene rings is 2. The lowest BCUT2D eigenvalue weighted by atomic mass is 9.97. The molecule has 0 aliphatic carbocycles. The van der Waals surface area contributed by atoms with E-state index in [1.165, 1.54) is 4.31 Å². The molecule has 1 aromatic heterocycles. The Kier molecular flexibility index (Phi) is 6.50. The van der Waals surface area contributed by atoms with Gasteiger partial charge in [0.1, 0.15) is 5.52 Å². The topological polar surface area (TPSA) is 97.2 Å². The van der Waals surface area contributed by atoms with Gasteiger partial charge in [0.15, 0.2) is 0 Å². The SMILES string of the molecule is CCCn1nnc2cc(S(=O)(=O)N3CCC(C(=O)Nc4cc(Cl)ccc4C)CC3)ccc21. The van der Waals surface area contributed by atoms with Crippen molar-refractivity contribution in [2.45, 2.75) is 44.6 Å². The molecule has 1 saturated heterocycles. The summed E-state index contributed by atoms with van der Waals surface area (Å²) in [6.07, 6.45) is 1.83. The number of amides is 1. The van der Waals surface area contributed by atoms with E-state index >= 15 is 0 Å². The molecule has 2 heterocycles. The fraction of sp³-hybridized carbons (Fsp3) is 0.409. The lowest BCUT2D eigenvalue weighted by molar-refractivity contribution is -0.120. The molecule has 32 heavy (non-hydrogen) atoms. The first-order valence-electron chi connectivity index (χ1n) is 10.7. The minimum Gasteiger partial charge on any atom is -0.326 e. The first-order valence-corrected chi connectivity index (χ1v) is 12.5. The van der Waals surface area contributed by atoms with Crippen molar-refractivity contribution in [3.05, 3.63) is 47.0 Å². The van der Waals surface area contributed by atoms with Crippen molar-refractivity contribution in [1.82, 2.24) is 19.3 Å². The van der Waals surface area contributed by atoms with Crippen molar-refractivity contribution in [3.63, 3.8) is 0 Å². The highest BCUT2D eigenvalue weighted by atomic mass is 35.5. The second-order valence-electron chi connectivity index (χ2n) is 8.09. The van der Waals surface area contributed by atoms with Gasteiger partial charge < -0.3 is 5.32 Å². The molecule has 0 atom stereocenters. The zero-order valence-corrected chi connectivity index (χ0v) is 19.7. The summed E-state index contributed by atoms with van der Waals surface area (Å²) >= 11 is 6.03. The molecule has 1 aliphatic rings. The van der Waals surface area contributed by atoms with Crippen molar-refractivity contribution in [2.75, 3.05) is 18.4 Å². The number of sulfonamides is 1. The molecule has 0 spiro atoms. The number of hydrogen-bond donors (Lipinski definition) is 1. The Morgan fingerprint density at radius 2 is 1.94 bits per heavy atom. The first-order chi connectivity index (χ1) is 15.3. The quantitative estimate of drug-likeness (QED) is 0.584. The maximum absolute atomic E-state index is 13.2. The lowest BCUT2D eigenvalue weighted by Gasteiger charge is -2.30. The summed E-state index contributed by atoms with van der Waals surface area (Å²) in [4.78, 5) is 12.9. The number of hydrogen-bond acceptors (Lipinski definition) is 5. The predicted octanol–water partition coefficient (Wildman–Crippen LogP) is 3.84. The summed E-state index contributed by atoms with van der Waals surface area (Å²) in [5.41, 5.74) is 2.99. The van der Waals surface area contributed by atoms with Crippen LogP contribution in [0.2, 0.25) is 5.02 Å². The molecule has 4 rings (SSSR count). The van der Waals surface area contributed by atoms with Gasteiger partial charge in [-0.1, -0.05) is 29.8 Å². The van der Waals surface area contributed by atoms with Gasteiger partial charge in [-0.05, 0) is 62.1 Å². The Morgan fingerprint density at radius 1 is 1.19 bits per heavy atom. The van der Waals surface area contributed by atoms with Crippen LogP contribution in [-0.2, 0) is 21.4 Å². The van der Waals surface area contributed by atoms with Gasteiger partial charge in [0.05, 0.1) is 10.4 Å². The highest BCUT2D eigenvalue weighted by molar-refractivity contribution is 7.89. The molecule has 0 saturated carbocycles. The zero-order valence-electron chi connectivity index (χ0n) is 18.1. The smallest absolute Gasteiger partial charge is 0.243 e. The lowest BCUT2D eigenvalue weighted by Crippen LogP contribution is -2.41. The van der Waals surface area contributed by atoms with E-state index < -0.39 is 10.0 Å². The van der Waals surface area contributed by atoms with Gasteiger partial charge >= 0.3 is 0 Å². The highest BCUT2D eigenvalue weighted by Gasteiger charge is 2.32. The van der Waals surface area contributed by atoms with E-state index in [0.717, 1.165) is 24.0 Å². The van der Waals surface area contributed by atoms with Crippen molar-refractivity contribution >= 4 is 44.3 Å². The van der Waals surface area contributed by atoms with Crippen LogP contribution in [0.1, 0.15) is 31.7 Å². The van der Waals surface area contributed by atoms with Crippen LogP contribution in [0.25, 0.3) is 11.0 Å². The molecule has 0 bridgehead atoms. The van der Waals surface area contributed by atoms with E-state index in [0.29, 0.717) is 29.1 Å². The summed E-state index contributed by atoms with van der Waals surface area (Å²) in [5, 5.41) is 11.7. The minimum absolute atomic E-state index is 0.110. The van der Waals surface area contributed by atoms with Crippen molar-refractivity contribution in [2.24, 2.45) is 5.92 Å². The van der Waals surface area contributed by atoms with Gasteiger partial charge in [-0.25, -0.2) is 13.1 Å². The van der Waals surface area contributed by atoms with Crippen LogP contribution in [-0.4, -0.2) is 46.7 Å². The van der Waals surface area contributed by atoms with E-state index in [4.69, 9.17) is 11.6 Å². The van der Waals surface area contributed by atoms with Crippen LogP contribution in [0.15, 0.2) is 41.3 Å². The van der Waals surface area contributed by atoms with E-state index in [1.54, 1.807) is 35.0 Å². The fourth-order valence-corrected chi connectivity index (χ4v) is 5.62. The average molecular weight is 476 g/mol. The number of nitrogens with one attached hydrogen (secondary N) is 1. The van der Waals surface area contributed by atoms with Crippen LogP contribution < -0.4 is 5.32 Å². The fourth-order valence-electron chi connectivity index (χ4n) is 3.96. The molecular weight excluding hydrogens is 450 g/mol. The Hall–Kier alpha value is -2.49. The van der Waals surface area contributed by atoms with Gasteiger partial charge in [0.2, 0.25) is 15.9 Å². The van der Waals surface area contributed by atoms with Gasteiger partial charge in [-0.15, -0.1) is 5.10 Å². The first kappa shape index (κ1) is 22.7. The minimum atomic E-state index is -3.67. The molecule has 1 N–H and O–H groups in total. The molecule has 0 unspecified atom stereocenters. The number of piperidine rings is 1. The molecule has 1 fully saturated rings. The van der Waals surface area contributed by atoms with Gasteiger partial charge in [-0.3, -0.25) is 4.79 Å². The normalized spacial score (nSPS) is 15.8. The molecule has 0 radical (unpaired) electrons. The molecule has 10 heteroatoms. The predicted molar refractivity (Wildman–Crippen MR) is 124 cm³/mol. The maximum Gasteiger partial charge on any atom is 0.243 e. The van der Waals surface area contributed by atoms with Crippen LogP contribution in [0.5, 0.6) is 0 Å². The third-order valence-corrected chi connectivity index (χ3v) is 7.97. The van der Waals surface area contributed by atoms with E-state index in [9.17, 15) is 13.2 Å². The van der Waals surface area contributed by atoms with E-state index in [-0.39, 0.29) is 29.8 Å². The largest absolute Gasteiger partial charge is 0.326 e. The summed E-state index contributed by atoms with van der Waals surface area (Å²) < 4.78 is 29.6.